The van der Waals surface area contributed by atoms with Crippen molar-refractivity contribution < 1.29 is 19.2 Å². The Labute approximate surface area is 166 Å². The molecule has 0 bridgehead atoms. The van der Waals surface area contributed by atoms with E-state index in [4.69, 9.17) is 17.0 Å². The number of thioether (sulfide) groups is 1. The van der Waals surface area contributed by atoms with Crippen LogP contribution in [0.2, 0.25) is 0 Å². The molecule has 0 radical (unpaired) electrons. The number of piperidine rings is 1. The molecule has 1 amide bonds. The van der Waals surface area contributed by atoms with Crippen LogP contribution in [-0.2, 0) is 14.3 Å². The molecule has 1 saturated heterocycles. The first kappa shape index (κ1) is 21.1. The summed E-state index contributed by atoms with van der Waals surface area (Å²) in [6, 6.07) is 5.52. The molecule has 1 fully saturated rings. The number of esters is 1. The van der Waals surface area contributed by atoms with Gasteiger partial charge in [0.1, 0.15) is 4.32 Å². The van der Waals surface area contributed by atoms with Crippen molar-refractivity contribution in [2.45, 2.75) is 19.8 Å². The number of nitrogens with one attached hydrogen (secondary N) is 1. The quantitative estimate of drug-likeness (QED) is 0.330. The van der Waals surface area contributed by atoms with Gasteiger partial charge in [-0.2, -0.15) is 0 Å². The zero-order valence-corrected chi connectivity index (χ0v) is 16.5. The lowest BCUT2D eigenvalue weighted by Gasteiger charge is -2.31. The second-order valence-electron chi connectivity index (χ2n) is 6.24. The lowest BCUT2D eigenvalue weighted by molar-refractivity contribution is -0.384. The fourth-order valence-corrected chi connectivity index (χ4v) is 3.53. The monoisotopic (exact) mass is 411 g/mol. The summed E-state index contributed by atoms with van der Waals surface area (Å²) in [6.07, 6.45) is 2.17. The van der Waals surface area contributed by atoms with E-state index in [0.717, 1.165) is 25.9 Å². The topological polar surface area (TPSA) is 102 Å². The second kappa shape index (κ2) is 10.2. The van der Waals surface area contributed by atoms with Gasteiger partial charge in [0.2, 0.25) is 0 Å². The zero-order chi connectivity index (χ0) is 19.8. The van der Waals surface area contributed by atoms with Crippen LogP contribution in [0.5, 0.6) is 0 Å². The Morgan fingerprint density at radius 1 is 1.41 bits per heavy atom. The van der Waals surface area contributed by atoms with Crippen molar-refractivity contribution in [2.75, 3.05) is 30.8 Å². The number of likely N-dealkylation sites (tertiary alicyclic amines) is 1. The van der Waals surface area contributed by atoms with Crippen molar-refractivity contribution in [3.8, 4) is 0 Å². The Bertz CT molecular complexity index is 720. The van der Waals surface area contributed by atoms with Crippen molar-refractivity contribution in [2.24, 2.45) is 5.92 Å². The van der Waals surface area contributed by atoms with Crippen molar-refractivity contribution in [1.29, 1.82) is 0 Å². The molecule has 146 valence electrons. The van der Waals surface area contributed by atoms with Crippen LogP contribution < -0.4 is 5.32 Å². The van der Waals surface area contributed by atoms with Crippen LogP contribution in [0.15, 0.2) is 24.3 Å². The zero-order valence-electron chi connectivity index (χ0n) is 14.9. The fourth-order valence-electron chi connectivity index (χ4n) is 2.49. The number of nitrogens with zero attached hydrogens (tertiary/aromatic N) is 2. The second-order valence-corrected chi connectivity index (χ2v) is 7.85. The van der Waals surface area contributed by atoms with Gasteiger partial charge >= 0.3 is 5.97 Å². The fraction of sp³-hybridized carbons (Fsp3) is 0.471. The average Bonchev–Trinajstić information content (AvgIpc) is 2.65. The SMILES string of the molecule is CC1CCN(C(=S)SCC(=O)OCC(=O)Nc2cccc([N+](=O)[O-])c2)CC1. The molecular formula is C17H21N3O5S2. The molecule has 8 nitrogen and oxygen atoms in total. The summed E-state index contributed by atoms with van der Waals surface area (Å²) in [5.41, 5.74) is 0.127. The van der Waals surface area contributed by atoms with Gasteiger partial charge in [0.15, 0.2) is 6.61 Å². The van der Waals surface area contributed by atoms with Crippen LogP contribution in [0.3, 0.4) is 0 Å². The van der Waals surface area contributed by atoms with Gasteiger partial charge < -0.3 is 15.0 Å². The number of benzene rings is 1. The number of thiocarbonyl (C=S) groups is 1. The highest BCUT2D eigenvalue weighted by Crippen LogP contribution is 2.20. The molecule has 0 aliphatic carbocycles. The van der Waals surface area contributed by atoms with E-state index in [1.54, 1.807) is 0 Å². The predicted molar refractivity (Wildman–Crippen MR) is 108 cm³/mol. The van der Waals surface area contributed by atoms with Gasteiger partial charge in [-0.15, -0.1) is 0 Å². The molecule has 0 atom stereocenters. The number of anilines is 1. The van der Waals surface area contributed by atoms with E-state index in [1.807, 2.05) is 0 Å². The number of nitro benzene ring substituents is 1. The minimum Gasteiger partial charge on any atom is -0.455 e. The lowest BCUT2D eigenvalue weighted by Crippen LogP contribution is -2.35. The number of non-ortho nitro benzene ring substituents is 1. The maximum atomic E-state index is 11.8. The van der Waals surface area contributed by atoms with E-state index in [0.29, 0.717) is 10.2 Å². The van der Waals surface area contributed by atoms with Crippen molar-refractivity contribution >= 4 is 51.6 Å². The van der Waals surface area contributed by atoms with Gasteiger partial charge in [-0.05, 0) is 24.8 Å². The summed E-state index contributed by atoms with van der Waals surface area (Å²) in [6.45, 7) is 3.54. The Morgan fingerprint density at radius 2 is 2.11 bits per heavy atom. The number of ether oxygens (including phenoxy) is 1. The number of nitro groups is 1. The number of amides is 1. The smallest absolute Gasteiger partial charge is 0.316 e. The predicted octanol–water partition coefficient (Wildman–Crippen LogP) is 2.83. The van der Waals surface area contributed by atoms with Crippen LogP contribution in [0.1, 0.15) is 19.8 Å². The van der Waals surface area contributed by atoms with Crippen LogP contribution in [0.25, 0.3) is 0 Å². The molecule has 10 heteroatoms. The van der Waals surface area contributed by atoms with Gasteiger partial charge in [0.25, 0.3) is 11.6 Å². The van der Waals surface area contributed by atoms with E-state index < -0.39 is 23.4 Å². The molecule has 0 aromatic heterocycles. The molecule has 0 spiro atoms. The summed E-state index contributed by atoms with van der Waals surface area (Å²) < 4.78 is 5.59. The Morgan fingerprint density at radius 3 is 2.78 bits per heavy atom. The number of hydrogen-bond donors (Lipinski definition) is 1. The van der Waals surface area contributed by atoms with Crippen molar-refractivity contribution in [1.82, 2.24) is 4.90 Å². The maximum absolute atomic E-state index is 11.8. The Hall–Kier alpha value is -2.20. The van der Waals surface area contributed by atoms with Gasteiger partial charge in [0, 0.05) is 30.9 Å². The summed E-state index contributed by atoms with van der Waals surface area (Å²) in [5.74, 6) is -0.374. The molecule has 2 rings (SSSR count). The molecule has 1 aromatic carbocycles. The first-order chi connectivity index (χ1) is 12.8. The number of carbonyl (C=O) groups excluding carboxylic acids is 2. The molecule has 1 aromatic rings. The molecule has 1 aliphatic heterocycles. The summed E-state index contributed by atoms with van der Waals surface area (Å²) >= 11 is 6.56. The number of rotatable bonds is 6. The van der Waals surface area contributed by atoms with Crippen molar-refractivity contribution in [3.63, 3.8) is 0 Å². The minimum absolute atomic E-state index is 0.0367. The van der Waals surface area contributed by atoms with Crippen LogP contribution >= 0.6 is 24.0 Å². The Kier molecular flexibility index (Phi) is 7.99. The summed E-state index contributed by atoms with van der Waals surface area (Å²) in [7, 11) is 0. The van der Waals surface area contributed by atoms with Gasteiger partial charge in [-0.1, -0.05) is 37.0 Å². The third-order valence-corrected chi connectivity index (χ3v) is 5.56. The van der Waals surface area contributed by atoms with E-state index >= 15 is 0 Å². The van der Waals surface area contributed by atoms with E-state index in [-0.39, 0.29) is 17.1 Å². The van der Waals surface area contributed by atoms with Crippen LogP contribution in [0.4, 0.5) is 11.4 Å². The molecular weight excluding hydrogens is 390 g/mol. The van der Waals surface area contributed by atoms with E-state index in [2.05, 4.69) is 17.1 Å². The Balaban J connectivity index is 1.69. The minimum atomic E-state index is -0.568. The normalized spacial score (nSPS) is 14.5. The summed E-state index contributed by atoms with van der Waals surface area (Å²) in [5, 5.41) is 13.2. The molecule has 0 unspecified atom stereocenters. The molecule has 0 saturated carbocycles. The maximum Gasteiger partial charge on any atom is 0.316 e. The molecule has 1 N–H and O–H groups in total. The van der Waals surface area contributed by atoms with Crippen LogP contribution in [-0.4, -0.2) is 51.5 Å². The third-order valence-electron chi connectivity index (χ3n) is 4.06. The molecule has 27 heavy (non-hydrogen) atoms. The first-order valence-electron chi connectivity index (χ1n) is 8.47. The van der Waals surface area contributed by atoms with Crippen LogP contribution in [0, 0.1) is 16.0 Å². The third kappa shape index (κ3) is 7.14. The number of carbonyl (C=O) groups is 2. The van der Waals surface area contributed by atoms with Gasteiger partial charge in [0.05, 0.1) is 10.7 Å². The summed E-state index contributed by atoms with van der Waals surface area (Å²) in [4.78, 5) is 35.9. The van der Waals surface area contributed by atoms with Gasteiger partial charge in [-0.3, -0.25) is 19.7 Å². The highest BCUT2D eigenvalue weighted by atomic mass is 32.2. The largest absolute Gasteiger partial charge is 0.455 e. The molecule has 1 heterocycles. The van der Waals surface area contributed by atoms with Gasteiger partial charge in [-0.25, -0.2) is 0 Å². The van der Waals surface area contributed by atoms with E-state index in [1.165, 1.54) is 36.0 Å². The highest BCUT2D eigenvalue weighted by Gasteiger charge is 2.19. The standard InChI is InChI=1S/C17H21N3O5S2/c1-12-5-7-19(8-6-12)17(26)27-11-16(22)25-10-15(21)18-13-3-2-4-14(9-13)20(23)24/h2-4,9,12H,5-8,10-11H2,1H3,(H,18,21). The average molecular weight is 412 g/mol. The highest BCUT2D eigenvalue weighted by molar-refractivity contribution is 8.23. The van der Waals surface area contributed by atoms with E-state index in [9.17, 15) is 19.7 Å². The lowest BCUT2D eigenvalue weighted by atomic mass is 10.00. The molecule has 1 aliphatic rings. The van der Waals surface area contributed by atoms with Crippen molar-refractivity contribution in [3.05, 3.63) is 34.4 Å². The number of hydrogen-bond acceptors (Lipinski definition) is 7. The first-order valence-corrected chi connectivity index (χ1v) is 9.86.